The summed E-state index contributed by atoms with van der Waals surface area (Å²) in [4.78, 5) is 18.4. The zero-order valence-corrected chi connectivity index (χ0v) is 13.7. The van der Waals surface area contributed by atoms with Crippen molar-refractivity contribution >= 4 is 5.82 Å². The van der Waals surface area contributed by atoms with Crippen LogP contribution in [-0.4, -0.2) is 29.2 Å². The van der Waals surface area contributed by atoms with Gasteiger partial charge in [0.1, 0.15) is 6.10 Å². The number of aromatic nitrogens is 2. The van der Waals surface area contributed by atoms with Crippen LogP contribution in [0.5, 0.6) is 0 Å². The predicted octanol–water partition coefficient (Wildman–Crippen LogP) is 2.86. The predicted molar refractivity (Wildman–Crippen MR) is 86.5 cm³/mol. The molecular weight excluding hydrogens is 335 g/mol. The molecule has 0 spiro atoms. The normalized spacial score (nSPS) is 18.4. The van der Waals surface area contributed by atoms with Crippen molar-refractivity contribution in [3.63, 3.8) is 0 Å². The Balaban J connectivity index is 1.81. The summed E-state index contributed by atoms with van der Waals surface area (Å²) in [6.45, 7) is 3.65. The lowest BCUT2D eigenvalue weighted by atomic mass is 10.1. The van der Waals surface area contributed by atoms with Crippen LogP contribution in [-0.2, 0) is 17.5 Å². The lowest BCUT2D eigenvalue weighted by molar-refractivity contribution is -0.137. The third kappa shape index (κ3) is 3.68. The third-order valence-electron chi connectivity index (χ3n) is 4.21. The van der Waals surface area contributed by atoms with Gasteiger partial charge in [-0.1, -0.05) is 12.1 Å². The summed E-state index contributed by atoms with van der Waals surface area (Å²) >= 11 is 0. The van der Waals surface area contributed by atoms with E-state index in [0.717, 1.165) is 12.1 Å². The van der Waals surface area contributed by atoms with Gasteiger partial charge in [0.25, 0.3) is 5.56 Å². The molecule has 1 aliphatic heterocycles. The highest BCUT2D eigenvalue weighted by Gasteiger charge is 2.31. The van der Waals surface area contributed by atoms with Crippen LogP contribution in [0.4, 0.5) is 19.0 Å². The summed E-state index contributed by atoms with van der Waals surface area (Å²) in [5.74, 6) is 0.338. The van der Waals surface area contributed by atoms with Crippen LogP contribution in [0, 0.1) is 0 Å². The summed E-state index contributed by atoms with van der Waals surface area (Å²) in [6.07, 6.45) is -1.58. The molecule has 0 radical (unpaired) electrons. The van der Waals surface area contributed by atoms with E-state index in [9.17, 15) is 18.0 Å². The highest BCUT2D eigenvalue weighted by Crippen LogP contribution is 2.31. The molecule has 0 saturated carbocycles. The molecule has 3 rings (SSSR count). The Kier molecular flexibility index (Phi) is 4.80. The largest absolute Gasteiger partial charge is 0.416 e. The van der Waals surface area contributed by atoms with Crippen LogP contribution in [0.1, 0.15) is 24.2 Å². The number of morpholine rings is 1. The Morgan fingerprint density at radius 3 is 2.64 bits per heavy atom. The van der Waals surface area contributed by atoms with Crippen LogP contribution in [0.3, 0.4) is 0 Å². The summed E-state index contributed by atoms with van der Waals surface area (Å²) in [6, 6.07) is 4.92. The Morgan fingerprint density at radius 2 is 2.00 bits per heavy atom. The van der Waals surface area contributed by atoms with Gasteiger partial charge in [0.05, 0.1) is 18.7 Å². The van der Waals surface area contributed by atoms with E-state index in [-0.39, 0.29) is 5.56 Å². The second kappa shape index (κ2) is 6.87. The highest BCUT2D eigenvalue weighted by molar-refractivity contribution is 5.38. The number of alkyl halides is 3. The Bertz CT molecular complexity index is 787. The van der Waals surface area contributed by atoms with Gasteiger partial charge in [0, 0.05) is 25.5 Å². The minimum absolute atomic E-state index is 0.182. The first-order valence-corrected chi connectivity index (χ1v) is 7.99. The SMILES string of the molecule is CCn1ccnc(N2CCOC(c3ccc(C(F)(F)F)cc3)C2)c1=O. The van der Waals surface area contributed by atoms with E-state index >= 15 is 0 Å². The second-order valence-corrected chi connectivity index (χ2v) is 5.77. The van der Waals surface area contributed by atoms with E-state index in [0.29, 0.717) is 37.6 Å². The molecule has 1 saturated heterocycles. The quantitative estimate of drug-likeness (QED) is 0.851. The number of benzene rings is 1. The monoisotopic (exact) mass is 353 g/mol. The smallest absolute Gasteiger partial charge is 0.370 e. The molecule has 0 bridgehead atoms. The van der Waals surface area contributed by atoms with Gasteiger partial charge in [-0.2, -0.15) is 13.2 Å². The fourth-order valence-corrected chi connectivity index (χ4v) is 2.83. The topological polar surface area (TPSA) is 47.4 Å². The second-order valence-electron chi connectivity index (χ2n) is 5.77. The molecule has 0 amide bonds. The molecule has 0 aliphatic carbocycles. The van der Waals surface area contributed by atoms with E-state index in [2.05, 4.69) is 4.98 Å². The van der Waals surface area contributed by atoms with Gasteiger partial charge in [0.15, 0.2) is 5.82 Å². The standard InChI is InChI=1S/C17H18F3N3O2/c1-2-22-8-7-21-15(16(22)24)23-9-10-25-14(11-23)12-3-5-13(6-4-12)17(18,19)20/h3-8,14H,2,9-11H2,1H3. The first-order valence-electron chi connectivity index (χ1n) is 7.99. The molecule has 2 heterocycles. The molecule has 0 N–H and O–H groups in total. The minimum atomic E-state index is -4.36. The van der Waals surface area contributed by atoms with E-state index in [1.807, 2.05) is 11.8 Å². The molecule has 5 nitrogen and oxygen atoms in total. The Hall–Kier alpha value is -2.35. The zero-order chi connectivity index (χ0) is 18.0. The molecule has 8 heteroatoms. The number of anilines is 1. The van der Waals surface area contributed by atoms with Crippen molar-refractivity contribution in [2.45, 2.75) is 25.7 Å². The van der Waals surface area contributed by atoms with Crippen molar-refractivity contribution in [3.8, 4) is 0 Å². The minimum Gasteiger partial charge on any atom is -0.370 e. The Labute approximate surface area is 142 Å². The van der Waals surface area contributed by atoms with Crippen LogP contribution >= 0.6 is 0 Å². The average Bonchev–Trinajstić information content (AvgIpc) is 2.61. The summed E-state index contributed by atoms with van der Waals surface area (Å²) in [5.41, 5.74) is -0.234. The number of nitrogens with zero attached hydrogens (tertiary/aromatic N) is 3. The van der Waals surface area contributed by atoms with Crippen LogP contribution < -0.4 is 10.5 Å². The fourth-order valence-electron chi connectivity index (χ4n) is 2.83. The molecule has 134 valence electrons. The molecule has 2 aromatic rings. The van der Waals surface area contributed by atoms with Gasteiger partial charge >= 0.3 is 6.18 Å². The zero-order valence-electron chi connectivity index (χ0n) is 13.7. The average molecular weight is 353 g/mol. The maximum absolute atomic E-state index is 12.7. The Morgan fingerprint density at radius 1 is 1.28 bits per heavy atom. The molecular formula is C17H18F3N3O2. The molecule has 1 atom stereocenters. The van der Waals surface area contributed by atoms with Crippen LogP contribution in [0.2, 0.25) is 0 Å². The molecule has 1 aromatic heterocycles. The van der Waals surface area contributed by atoms with E-state index < -0.39 is 17.8 Å². The summed E-state index contributed by atoms with van der Waals surface area (Å²) in [7, 11) is 0. The van der Waals surface area contributed by atoms with Gasteiger partial charge in [-0.05, 0) is 24.6 Å². The van der Waals surface area contributed by atoms with E-state index in [4.69, 9.17) is 4.74 Å². The molecule has 1 unspecified atom stereocenters. The van der Waals surface area contributed by atoms with Crippen molar-refractivity contribution in [2.24, 2.45) is 0 Å². The van der Waals surface area contributed by atoms with Gasteiger partial charge in [0.2, 0.25) is 0 Å². The van der Waals surface area contributed by atoms with Gasteiger partial charge in [-0.15, -0.1) is 0 Å². The molecule has 1 aliphatic rings. The number of rotatable bonds is 3. The lowest BCUT2D eigenvalue weighted by Crippen LogP contribution is -2.42. The van der Waals surface area contributed by atoms with Crippen molar-refractivity contribution in [3.05, 3.63) is 58.1 Å². The number of aryl methyl sites for hydroxylation is 1. The van der Waals surface area contributed by atoms with Gasteiger partial charge < -0.3 is 14.2 Å². The fraction of sp³-hybridized carbons (Fsp3) is 0.412. The van der Waals surface area contributed by atoms with Crippen molar-refractivity contribution < 1.29 is 17.9 Å². The maximum atomic E-state index is 12.7. The van der Waals surface area contributed by atoms with E-state index in [1.54, 1.807) is 17.0 Å². The molecule has 25 heavy (non-hydrogen) atoms. The third-order valence-corrected chi connectivity index (χ3v) is 4.21. The summed E-state index contributed by atoms with van der Waals surface area (Å²) in [5, 5.41) is 0. The van der Waals surface area contributed by atoms with Gasteiger partial charge in [-0.3, -0.25) is 4.79 Å². The molecule has 1 fully saturated rings. The van der Waals surface area contributed by atoms with Crippen molar-refractivity contribution in [2.75, 3.05) is 24.6 Å². The first kappa shape index (κ1) is 17.5. The van der Waals surface area contributed by atoms with Crippen LogP contribution in [0.25, 0.3) is 0 Å². The maximum Gasteiger partial charge on any atom is 0.416 e. The van der Waals surface area contributed by atoms with Gasteiger partial charge in [-0.25, -0.2) is 4.98 Å². The van der Waals surface area contributed by atoms with Crippen molar-refractivity contribution in [1.29, 1.82) is 0 Å². The van der Waals surface area contributed by atoms with Crippen LogP contribution in [0.15, 0.2) is 41.5 Å². The number of halogens is 3. The lowest BCUT2D eigenvalue weighted by Gasteiger charge is -2.33. The number of hydrogen-bond donors (Lipinski definition) is 0. The van der Waals surface area contributed by atoms with Crippen molar-refractivity contribution in [1.82, 2.24) is 9.55 Å². The number of ether oxygens (including phenoxy) is 1. The summed E-state index contributed by atoms with van der Waals surface area (Å²) < 4.78 is 45.3. The highest BCUT2D eigenvalue weighted by atomic mass is 19.4. The van der Waals surface area contributed by atoms with E-state index in [1.165, 1.54) is 12.1 Å². The molecule has 1 aromatic carbocycles. The number of hydrogen-bond acceptors (Lipinski definition) is 4. The first-order chi connectivity index (χ1) is 11.9.